The van der Waals surface area contributed by atoms with Crippen LogP contribution in [-0.2, 0) is 10.3 Å². The van der Waals surface area contributed by atoms with Crippen LogP contribution < -0.4 is 4.90 Å². The molecule has 3 rings (SSSR count). The van der Waals surface area contributed by atoms with Gasteiger partial charge in [0.25, 0.3) is 0 Å². The number of hydrogen-bond donors (Lipinski definition) is 1. The molecule has 3 nitrogen and oxygen atoms in total. The van der Waals surface area contributed by atoms with Gasteiger partial charge in [-0.2, -0.15) is 0 Å². The second-order valence-electron chi connectivity index (χ2n) is 5.41. The maximum Gasteiger partial charge on any atom is 0.136 e. The molecule has 0 bridgehead atoms. The summed E-state index contributed by atoms with van der Waals surface area (Å²) in [6.45, 7) is 4.16. The van der Waals surface area contributed by atoms with Gasteiger partial charge in [-0.1, -0.05) is 15.9 Å². The van der Waals surface area contributed by atoms with Crippen LogP contribution in [0.4, 0.5) is 5.69 Å². The van der Waals surface area contributed by atoms with Gasteiger partial charge in [0, 0.05) is 22.7 Å². The standard InChI is InChI=1S/C14H18BrNO2/c1-10-3-2-4-16(10)13-6-11(5-12(15)7-13)14(17)8-18-9-14/h5-7,10,17H,2-4,8-9H2,1H3. The number of halogens is 1. The zero-order valence-electron chi connectivity index (χ0n) is 10.5. The molecule has 0 amide bonds. The summed E-state index contributed by atoms with van der Waals surface area (Å²) >= 11 is 3.55. The van der Waals surface area contributed by atoms with E-state index in [1.165, 1.54) is 18.5 Å². The summed E-state index contributed by atoms with van der Waals surface area (Å²) in [5.41, 5.74) is 1.36. The van der Waals surface area contributed by atoms with Gasteiger partial charge in [-0.3, -0.25) is 0 Å². The van der Waals surface area contributed by atoms with Gasteiger partial charge in [0.2, 0.25) is 0 Å². The minimum atomic E-state index is -0.790. The average molecular weight is 312 g/mol. The SMILES string of the molecule is CC1CCCN1c1cc(Br)cc(C2(O)COC2)c1. The predicted molar refractivity (Wildman–Crippen MR) is 74.9 cm³/mol. The van der Waals surface area contributed by atoms with Crippen LogP contribution in [0.1, 0.15) is 25.3 Å². The molecule has 0 saturated carbocycles. The zero-order valence-corrected chi connectivity index (χ0v) is 12.1. The Bertz CT molecular complexity index is 459. The van der Waals surface area contributed by atoms with Gasteiger partial charge in [0.05, 0.1) is 13.2 Å². The van der Waals surface area contributed by atoms with Crippen LogP contribution in [0, 0.1) is 0 Å². The van der Waals surface area contributed by atoms with E-state index in [-0.39, 0.29) is 0 Å². The number of rotatable bonds is 2. The van der Waals surface area contributed by atoms with E-state index in [4.69, 9.17) is 4.74 Å². The fourth-order valence-corrected chi connectivity index (χ4v) is 3.27. The Morgan fingerprint density at radius 2 is 2.17 bits per heavy atom. The molecular formula is C14H18BrNO2. The first-order valence-corrected chi connectivity index (χ1v) is 7.26. The molecule has 2 fully saturated rings. The Kier molecular flexibility index (Phi) is 3.12. The fourth-order valence-electron chi connectivity index (χ4n) is 2.79. The summed E-state index contributed by atoms with van der Waals surface area (Å²) in [6.07, 6.45) is 2.49. The zero-order chi connectivity index (χ0) is 12.8. The molecule has 98 valence electrons. The highest BCUT2D eigenvalue weighted by atomic mass is 79.9. The van der Waals surface area contributed by atoms with E-state index in [9.17, 15) is 5.11 Å². The number of hydrogen-bond acceptors (Lipinski definition) is 3. The van der Waals surface area contributed by atoms with Gasteiger partial charge >= 0.3 is 0 Å². The molecule has 1 aromatic carbocycles. The van der Waals surface area contributed by atoms with Crippen molar-refractivity contribution >= 4 is 21.6 Å². The first-order valence-electron chi connectivity index (χ1n) is 6.46. The number of anilines is 1. The summed E-state index contributed by atoms with van der Waals surface area (Å²) in [7, 11) is 0. The summed E-state index contributed by atoms with van der Waals surface area (Å²) in [6, 6.07) is 6.82. The van der Waals surface area contributed by atoms with Crippen molar-refractivity contribution in [3.63, 3.8) is 0 Å². The maximum atomic E-state index is 10.4. The lowest BCUT2D eigenvalue weighted by molar-refractivity contribution is -0.184. The highest BCUT2D eigenvalue weighted by Gasteiger charge is 2.38. The molecule has 2 heterocycles. The Morgan fingerprint density at radius 3 is 2.72 bits per heavy atom. The smallest absolute Gasteiger partial charge is 0.136 e. The predicted octanol–water partition coefficient (Wildman–Crippen LogP) is 2.66. The van der Waals surface area contributed by atoms with E-state index in [2.05, 4.69) is 39.9 Å². The Hall–Kier alpha value is -0.580. The van der Waals surface area contributed by atoms with Crippen molar-refractivity contribution in [2.45, 2.75) is 31.4 Å². The summed E-state index contributed by atoms with van der Waals surface area (Å²) < 4.78 is 6.16. The molecule has 1 unspecified atom stereocenters. The number of nitrogens with zero attached hydrogens (tertiary/aromatic N) is 1. The fraction of sp³-hybridized carbons (Fsp3) is 0.571. The molecule has 1 N–H and O–H groups in total. The first-order chi connectivity index (χ1) is 8.58. The monoisotopic (exact) mass is 311 g/mol. The van der Waals surface area contributed by atoms with Crippen molar-refractivity contribution in [1.82, 2.24) is 0 Å². The highest BCUT2D eigenvalue weighted by molar-refractivity contribution is 9.10. The Balaban J connectivity index is 1.95. The summed E-state index contributed by atoms with van der Waals surface area (Å²) in [5.74, 6) is 0. The van der Waals surface area contributed by atoms with E-state index < -0.39 is 5.60 Å². The largest absolute Gasteiger partial charge is 0.380 e. The molecule has 1 aromatic rings. The molecule has 0 spiro atoms. The van der Waals surface area contributed by atoms with Crippen LogP contribution in [0.15, 0.2) is 22.7 Å². The highest BCUT2D eigenvalue weighted by Crippen LogP contribution is 2.36. The average Bonchev–Trinajstić information content (AvgIpc) is 2.71. The van der Waals surface area contributed by atoms with Crippen LogP contribution in [0.2, 0.25) is 0 Å². The second kappa shape index (κ2) is 4.51. The summed E-state index contributed by atoms with van der Waals surface area (Å²) in [4.78, 5) is 2.41. The molecule has 2 aliphatic rings. The van der Waals surface area contributed by atoms with Crippen LogP contribution in [0.25, 0.3) is 0 Å². The van der Waals surface area contributed by atoms with Crippen LogP contribution in [0.3, 0.4) is 0 Å². The number of aliphatic hydroxyl groups is 1. The lowest BCUT2D eigenvalue weighted by Crippen LogP contribution is -2.46. The van der Waals surface area contributed by atoms with E-state index in [1.807, 2.05) is 6.07 Å². The topological polar surface area (TPSA) is 32.7 Å². The Morgan fingerprint density at radius 1 is 1.39 bits per heavy atom. The van der Waals surface area contributed by atoms with Crippen molar-refractivity contribution in [1.29, 1.82) is 0 Å². The molecule has 18 heavy (non-hydrogen) atoms. The molecule has 0 radical (unpaired) electrons. The lowest BCUT2D eigenvalue weighted by atomic mass is 9.91. The molecule has 0 aromatic heterocycles. The second-order valence-corrected chi connectivity index (χ2v) is 6.32. The van der Waals surface area contributed by atoms with Crippen molar-refractivity contribution in [2.75, 3.05) is 24.7 Å². The lowest BCUT2D eigenvalue weighted by Gasteiger charge is -2.37. The maximum absolute atomic E-state index is 10.4. The third-order valence-corrected chi connectivity index (χ3v) is 4.44. The van der Waals surface area contributed by atoms with E-state index in [1.54, 1.807) is 0 Å². The van der Waals surface area contributed by atoms with Gasteiger partial charge in [-0.15, -0.1) is 0 Å². The normalized spacial score (nSPS) is 26.2. The van der Waals surface area contributed by atoms with Gasteiger partial charge in [-0.05, 0) is 43.5 Å². The molecular weight excluding hydrogens is 294 g/mol. The van der Waals surface area contributed by atoms with Crippen LogP contribution in [0.5, 0.6) is 0 Å². The van der Waals surface area contributed by atoms with E-state index >= 15 is 0 Å². The molecule has 4 heteroatoms. The van der Waals surface area contributed by atoms with Gasteiger partial charge < -0.3 is 14.7 Å². The van der Waals surface area contributed by atoms with Crippen LogP contribution >= 0.6 is 15.9 Å². The van der Waals surface area contributed by atoms with E-state index in [0.717, 1.165) is 16.6 Å². The summed E-state index contributed by atoms with van der Waals surface area (Å²) in [5, 5.41) is 10.4. The van der Waals surface area contributed by atoms with Crippen LogP contribution in [-0.4, -0.2) is 30.9 Å². The molecule has 2 saturated heterocycles. The molecule has 0 aliphatic carbocycles. The van der Waals surface area contributed by atoms with E-state index in [0.29, 0.717) is 19.3 Å². The van der Waals surface area contributed by atoms with Crippen molar-refractivity contribution < 1.29 is 9.84 Å². The van der Waals surface area contributed by atoms with Gasteiger partial charge in [-0.25, -0.2) is 0 Å². The third kappa shape index (κ3) is 2.06. The molecule has 2 aliphatic heterocycles. The minimum Gasteiger partial charge on any atom is -0.380 e. The van der Waals surface area contributed by atoms with Crippen molar-refractivity contribution in [3.8, 4) is 0 Å². The first kappa shape index (κ1) is 12.5. The number of benzene rings is 1. The van der Waals surface area contributed by atoms with Crippen molar-refractivity contribution in [3.05, 3.63) is 28.2 Å². The van der Waals surface area contributed by atoms with Gasteiger partial charge in [0.1, 0.15) is 5.60 Å². The number of ether oxygens (including phenoxy) is 1. The van der Waals surface area contributed by atoms with Crippen molar-refractivity contribution in [2.24, 2.45) is 0 Å². The van der Waals surface area contributed by atoms with Gasteiger partial charge in [0.15, 0.2) is 0 Å². The molecule has 1 atom stereocenters. The third-order valence-electron chi connectivity index (χ3n) is 3.99. The Labute approximate surface area is 116 Å². The quantitative estimate of drug-likeness (QED) is 0.911. The minimum absolute atomic E-state index is 0.401.